The third-order valence-corrected chi connectivity index (χ3v) is 4.11. The number of piperazine rings is 1. The molecule has 1 unspecified atom stereocenters. The number of nitrogens with one attached hydrogen (secondary N) is 2. The first-order valence-electron chi connectivity index (χ1n) is 5.92. The molecule has 1 aromatic rings. The number of hydrogen-bond donors (Lipinski definition) is 2. The van der Waals surface area contributed by atoms with Crippen LogP contribution in [-0.4, -0.2) is 49.4 Å². The van der Waals surface area contributed by atoms with Crippen LogP contribution in [0.15, 0.2) is 11.4 Å². The van der Waals surface area contributed by atoms with E-state index in [0.717, 1.165) is 17.0 Å². The second-order valence-corrected chi connectivity index (χ2v) is 5.18. The van der Waals surface area contributed by atoms with E-state index in [4.69, 9.17) is 0 Å². The number of carbonyl (C=O) groups is 2. The zero-order chi connectivity index (χ0) is 13.1. The SMILES string of the molecule is CNC(=O)C1CNCCN1C(=O)c1sccc1C. The van der Waals surface area contributed by atoms with Gasteiger partial charge < -0.3 is 15.5 Å². The maximum atomic E-state index is 12.4. The Kier molecular flexibility index (Phi) is 3.98. The molecule has 5 nitrogen and oxygen atoms in total. The summed E-state index contributed by atoms with van der Waals surface area (Å²) < 4.78 is 0. The van der Waals surface area contributed by atoms with Gasteiger partial charge in [0.25, 0.3) is 5.91 Å². The summed E-state index contributed by atoms with van der Waals surface area (Å²) in [6.45, 7) is 3.72. The molecule has 1 atom stereocenters. The van der Waals surface area contributed by atoms with Gasteiger partial charge in [0.2, 0.25) is 5.91 Å². The number of likely N-dealkylation sites (N-methyl/N-ethyl adjacent to an activating group) is 1. The van der Waals surface area contributed by atoms with Gasteiger partial charge in [-0.15, -0.1) is 11.3 Å². The summed E-state index contributed by atoms with van der Waals surface area (Å²) in [4.78, 5) is 26.6. The van der Waals surface area contributed by atoms with Crippen molar-refractivity contribution >= 4 is 23.2 Å². The Balaban J connectivity index is 2.21. The number of hydrogen-bond acceptors (Lipinski definition) is 4. The molecule has 2 rings (SSSR count). The van der Waals surface area contributed by atoms with Crippen molar-refractivity contribution in [2.75, 3.05) is 26.7 Å². The molecule has 1 saturated heterocycles. The van der Waals surface area contributed by atoms with Gasteiger partial charge in [-0.25, -0.2) is 0 Å². The minimum Gasteiger partial charge on any atom is -0.357 e. The third kappa shape index (κ3) is 2.39. The predicted octanol–water partition coefficient (Wildman–Crippen LogP) is 0.217. The fourth-order valence-electron chi connectivity index (χ4n) is 2.07. The Bertz CT molecular complexity index is 458. The summed E-state index contributed by atoms with van der Waals surface area (Å²) in [6, 6.07) is 1.51. The first-order chi connectivity index (χ1) is 8.65. The summed E-state index contributed by atoms with van der Waals surface area (Å²) in [5.74, 6) is -0.164. The van der Waals surface area contributed by atoms with Crippen LogP contribution >= 0.6 is 11.3 Å². The molecule has 1 aliphatic heterocycles. The molecule has 1 aromatic heterocycles. The molecule has 18 heavy (non-hydrogen) atoms. The highest BCUT2D eigenvalue weighted by Gasteiger charge is 2.32. The lowest BCUT2D eigenvalue weighted by molar-refractivity contribution is -0.125. The molecule has 2 amide bonds. The topological polar surface area (TPSA) is 61.4 Å². The van der Waals surface area contributed by atoms with Crippen molar-refractivity contribution in [2.45, 2.75) is 13.0 Å². The Morgan fingerprint density at radius 2 is 2.33 bits per heavy atom. The lowest BCUT2D eigenvalue weighted by Crippen LogP contribution is -2.59. The molecular weight excluding hydrogens is 250 g/mol. The van der Waals surface area contributed by atoms with E-state index in [-0.39, 0.29) is 11.8 Å². The van der Waals surface area contributed by atoms with Gasteiger partial charge in [0, 0.05) is 26.7 Å². The van der Waals surface area contributed by atoms with Gasteiger partial charge in [0.05, 0.1) is 4.88 Å². The standard InChI is InChI=1S/C12H17N3O2S/c1-8-3-6-18-10(8)12(17)15-5-4-14-7-9(15)11(16)13-2/h3,6,9,14H,4-5,7H2,1-2H3,(H,13,16). The van der Waals surface area contributed by atoms with Gasteiger partial charge in [0.15, 0.2) is 0 Å². The smallest absolute Gasteiger partial charge is 0.264 e. The first-order valence-corrected chi connectivity index (χ1v) is 6.80. The van der Waals surface area contributed by atoms with E-state index < -0.39 is 6.04 Å². The van der Waals surface area contributed by atoms with Crippen LogP contribution in [0.3, 0.4) is 0 Å². The number of aryl methyl sites for hydroxylation is 1. The second-order valence-electron chi connectivity index (χ2n) is 4.27. The largest absolute Gasteiger partial charge is 0.357 e. The van der Waals surface area contributed by atoms with Crippen LogP contribution in [0.1, 0.15) is 15.2 Å². The number of carbonyl (C=O) groups excluding carboxylic acids is 2. The Morgan fingerprint density at radius 1 is 1.56 bits per heavy atom. The monoisotopic (exact) mass is 267 g/mol. The van der Waals surface area contributed by atoms with Gasteiger partial charge in [-0.3, -0.25) is 9.59 Å². The van der Waals surface area contributed by atoms with Crippen LogP contribution in [0, 0.1) is 6.92 Å². The van der Waals surface area contributed by atoms with Crippen molar-refractivity contribution in [3.05, 3.63) is 21.9 Å². The zero-order valence-corrected chi connectivity index (χ0v) is 11.3. The van der Waals surface area contributed by atoms with Gasteiger partial charge in [-0.2, -0.15) is 0 Å². The fraction of sp³-hybridized carbons (Fsp3) is 0.500. The summed E-state index contributed by atoms with van der Waals surface area (Å²) in [6.07, 6.45) is 0. The second kappa shape index (κ2) is 5.49. The van der Waals surface area contributed by atoms with Crippen LogP contribution in [0.25, 0.3) is 0 Å². The van der Waals surface area contributed by atoms with E-state index in [1.54, 1.807) is 11.9 Å². The molecule has 1 aliphatic rings. The van der Waals surface area contributed by atoms with E-state index in [1.807, 2.05) is 18.4 Å². The zero-order valence-electron chi connectivity index (χ0n) is 10.5. The third-order valence-electron chi connectivity index (χ3n) is 3.11. The highest BCUT2D eigenvalue weighted by Crippen LogP contribution is 2.19. The number of nitrogens with zero attached hydrogens (tertiary/aromatic N) is 1. The average Bonchev–Trinajstić information content (AvgIpc) is 2.83. The van der Waals surface area contributed by atoms with Gasteiger partial charge in [0.1, 0.15) is 6.04 Å². The summed E-state index contributed by atoms with van der Waals surface area (Å²) in [7, 11) is 1.59. The van der Waals surface area contributed by atoms with Crippen LogP contribution in [0.4, 0.5) is 0 Å². The first kappa shape index (κ1) is 13.0. The van der Waals surface area contributed by atoms with Crippen molar-refractivity contribution in [3.63, 3.8) is 0 Å². The molecule has 1 fully saturated rings. The molecule has 0 aromatic carbocycles. The van der Waals surface area contributed by atoms with Crippen molar-refractivity contribution in [1.29, 1.82) is 0 Å². The number of rotatable bonds is 2. The van der Waals surface area contributed by atoms with Crippen molar-refractivity contribution in [2.24, 2.45) is 0 Å². The molecule has 2 N–H and O–H groups in total. The summed E-state index contributed by atoms with van der Waals surface area (Å²) in [5, 5.41) is 7.66. The van der Waals surface area contributed by atoms with E-state index in [1.165, 1.54) is 11.3 Å². The van der Waals surface area contributed by atoms with Gasteiger partial charge >= 0.3 is 0 Å². The van der Waals surface area contributed by atoms with E-state index in [9.17, 15) is 9.59 Å². The van der Waals surface area contributed by atoms with E-state index in [0.29, 0.717) is 13.1 Å². The van der Waals surface area contributed by atoms with Crippen LogP contribution in [0.5, 0.6) is 0 Å². The molecule has 98 valence electrons. The molecule has 0 aliphatic carbocycles. The van der Waals surface area contributed by atoms with Crippen LogP contribution in [0.2, 0.25) is 0 Å². The lowest BCUT2D eigenvalue weighted by Gasteiger charge is -2.34. The fourth-order valence-corrected chi connectivity index (χ4v) is 2.95. The van der Waals surface area contributed by atoms with Crippen molar-refractivity contribution in [3.8, 4) is 0 Å². The normalized spacial score (nSPS) is 19.7. The summed E-state index contributed by atoms with van der Waals surface area (Å²) >= 11 is 1.43. The van der Waals surface area contributed by atoms with Crippen molar-refractivity contribution in [1.82, 2.24) is 15.5 Å². The number of thiophene rings is 1. The maximum absolute atomic E-state index is 12.4. The predicted molar refractivity (Wildman–Crippen MR) is 70.8 cm³/mol. The Morgan fingerprint density at radius 3 is 2.94 bits per heavy atom. The Hall–Kier alpha value is -1.40. The summed E-state index contributed by atoms with van der Waals surface area (Å²) in [5.41, 5.74) is 0.971. The van der Waals surface area contributed by atoms with Gasteiger partial charge in [-0.05, 0) is 23.9 Å². The lowest BCUT2D eigenvalue weighted by atomic mass is 10.1. The maximum Gasteiger partial charge on any atom is 0.264 e. The Labute approximate surface area is 110 Å². The number of amides is 2. The van der Waals surface area contributed by atoms with E-state index in [2.05, 4.69) is 10.6 Å². The average molecular weight is 267 g/mol. The molecule has 0 spiro atoms. The molecule has 2 heterocycles. The van der Waals surface area contributed by atoms with Gasteiger partial charge in [-0.1, -0.05) is 0 Å². The molecular formula is C12H17N3O2S. The molecule has 0 radical (unpaired) electrons. The highest BCUT2D eigenvalue weighted by atomic mass is 32.1. The molecule has 0 bridgehead atoms. The minimum absolute atomic E-state index is 0.0439. The van der Waals surface area contributed by atoms with E-state index >= 15 is 0 Å². The molecule has 6 heteroatoms. The van der Waals surface area contributed by atoms with Crippen LogP contribution in [-0.2, 0) is 4.79 Å². The molecule has 0 saturated carbocycles. The van der Waals surface area contributed by atoms with Crippen LogP contribution < -0.4 is 10.6 Å². The highest BCUT2D eigenvalue weighted by molar-refractivity contribution is 7.12. The van der Waals surface area contributed by atoms with Crippen molar-refractivity contribution < 1.29 is 9.59 Å². The minimum atomic E-state index is -0.419. The quantitative estimate of drug-likeness (QED) is 0.805.